The van der Waals surface area contributed by atoms with Crippen LogP contribution in [-0.4, -0.2) is 12.8 Å². The Morgan fingerprint density at radius 2 is 1.35 bits per heavy atom. The molecule has 0 saturated heterocycles. The quantitative estimate of drug-likeness (QED) is 0.128. The van der Waals surface area contributed by atoms with E-state index in [2.05, 4.69) is 0 Å². The molecule has 0 N–H and O–H groups in total. The second-order valence-electron chi connectivity index (χ2n) is 7.73. The average molecular weight is 500 g/mol. The van der Waals surface area contributed by atoms with Gasteiger partial charge in [-0.1, -0.05) is 49.4 Å². The van der Waals surface area contributed by atoms with Crippen molar-refractivity contribution < 1.29 is 40.3 Å². The molecule has 3 aromatic carbocycles. The Bertz CT molecular complexity index is 1160. The van der Waals surface area contributed by atoms with Crippen LogP contribution < -0.4 is 9.05 Å². The third-order valence-electron chi connectivity index (χ3n) is 4.84. The van der Waals surface area contributed by atoms with Crippen LogP contribution in [0.2, 0.25) is 0 Å². The van der Waals surface area contributed by atoms with E-state index in [4.69, 9.17) is 13.8 Å². The van der Waals surface area contributed by atoms with E-state index in [1.807, 2.05) is 31.2 Å². The monoisotopic (exact) mass is 500 g/mol. The van der Waals surface area contributed by atoms with Crippen LogP contribution >= 0.6 is 7.60 Å². The second kappa shape index (κ2) is 11.0. The SMILES string of the molecule is Cc1ccccc1COC[C@@H](C)CP(=O)(Oc1ccccc1)Oc1c(F)c(F)c(F)c(F)c1F. The van der Waals surface area contributed by atoms with E-state index in [-0.39, 0.29) is 19.0 Å². The van der Waals surface area contributed by atoms with Gasteiger partial charge in [0, 0.05) is 0 Å². The fraction of sp³-hybridized carbons (Fsp3) is 0.250. The van der Waals surface area contributed by atoms with E-state index in [0.29, 0.717) is 0 Å². The summed E-state index contributed by atoms with van der Waals surface area (Å²) in [5.74, 6) is -13.4. The van der Waals surface area contributed by atoms with Crippen molar-refractivity contribution in [1.82, 2.24) is 0 Å². The highest BCUT2D eigenvalue weighted by atomic mass is 31.2. The Morgan fingerprint density at radius 3 is 1.97 bits per heavy atom. The third-order valence-corrected chi connectivity index (χ3v) is 6.86. The number of para-hydroxylation sites is 1. The highest BCUT2D eigenvalue weighted by Crippen LogP contribution is 2.51. The van der Waals surface area contributed by atoms with E-state index < -0.39 is 54.5 Å². The molecule has 10 heteroatoms. The summed E-state index contributed by atoms with van der Waals surface area (Å²) in [7, 11) is -4.47. The molecule has 0 spiro atoms. The number of rotatable bonds is 10. The zero-order valence-corrected chi connectivity index (χ0v) is 19.3. The van der Waals surface area contributed by atoms with Gasteiger partial charge in [-0.15, -0.1) is 0 Å². The van der Waals surface area contributed by atoms with Crippen LogP contribution in [-0.2, 0) is 15.9 Å². The molecule has 0 fully saturated rings. The van der Waals surface area contributed by atoms with Crippen molar-refractivity contribution in [1.29, 1.82) is 0 Å². The molecule has 3 rings (SSSR count). The van der Waals surface area contributed by atoms with Crippen molar-refractivity contribution in [2.75, 3.05) is 12.8 Å². The van der Waals surface area contributed by atoms with Gasteiger partial charge in [0.25, 0.3) is 0 Å². The minimum absolute atomic E-state index is 0.0303. The minimum Gasteiger partial charge on any atom is -0.416 e. The van der Waals surface area contributed by atoms with Crippen molar-refractivity contribution in [2.24, 2.45) is 5.92 Å². The molecular weight excluding hydrogens is 478 g/mol. The summed E-state index contributed by atoms with van der Waals surface area (Å²) < 4.78 is 98.5. The van der Waals surface area contributed by atoms with Crippen molar-refractivity contribution in [3.05, 3.63) is 94.8 Å². The van der Waals surface area contributed by atoms with Crippen molar-refractivity contribution in [2.45, 2.75) is 20.5 Å². The third kappa shape index (κ3) is 6.15. The number of hydrogen-bond donors (Lipinski definition) is 0. The van der Waals surface area contributed by atoms with E-state index in [0.717, 1.165) is 11.1 Å². The zero-order chi connectivity index (χ0) is 24.9. The molecule has 0 aliphatic carbocycles. The smallest absolute Gasteiger partial charge is 0.416 e. The largest absolute Gasteiger partial charge is 0.431 e. The fourth-order valence-electron chi connectivity index (χ4n) is 3.12. The van der Waals surface area contributed by atoms with Gasteiger partial charge in [-0.3, -0.25) is 0 Å². The number of ether oxygens (including phenoxy) is 1. The molecular formula is C24H22F5O4P. The van der Waals surface area contributed by atoms with E-state index in [9.17, 15) is 26.5 Å². The molecule has 0 amide bonds. The van der Waals surface area contributed by atoms with Crippen LogP contribution in [0.5, 0.6) is 11.5 Å². The minimum atomic E-state index is -4.47. The average Bonchev–Trinajstić information content (AvgIpc) is 2.81. The van der Waals surface area contributed by atoms with E-state index in [1.165, 1.54) is 12.1 Å². The van der Waals surface area contributed by atoms with Crippen LogP contribution in [0.15, 0.2) is 54.6 Å². The molecule has 0 aliphatic rings. The van der Waals surface area contributed by atoms with Gasteiger partial charge >= 0.3 is 7.60 Å². The Labute approximate surface area is 193 Å². The van der Waals surface area contributed by atoms with Crippen LogP contribution in [0.25, 0.3) is 0 Å². The molecule has 182 valence electrons. The number of benzene rings is 3. The lowest BCUT2D eigenvalue weighted by atomic mass is 10.1. The molecule has 0 saturated carbocycles. The van der Waals surface area contributed by atoms with Gasteiger partial charge in [0.1, 0.15) is 5.75 Å². The van der Waals surface area contributed by atoms with Crippen LogP contribution in [0.1, 0.15) is 18.1 Å². The molecule has 1 unspecified atom stereocenters. The topological polar surface area (TPSA) is 44.8 Å². The van der Waals surface area contributed by atoms with Crippen LogP contribution in [0.4, 0.5) is 22.0 Å². The Kier molecular flexibility index (Phi) is 8.33. The number of aryl methyl sites for hydroxylation is 1. The first-order chi connectivity index (χ1) is 16.1. The summed E-state index contributed by atoms with van der Waals surface area (Å²) >= 11 is 0. The Balaban J connectivity index is 1.81. The maximum atomic E-state index is 14.2. The zero-order valence-electron chi connectivity index (χ0n) is 18.4. The lowest BCUT2D eigenvalue weighted by Crippen LogP contribution is -2.17. The molecule has 0 heterocycles. The van der Waals surface area contributed by atoms with Gasteiger partial charge in [-0.2, -0.15) is 8.78 Å². The van der Waals surface area contributed by atoms with Crippen molar-refractivity contribution >= 4 is 7.60 Å². The highest BCUT2D eigenvalue weighted by molar-refractivity contribution is 7.54. The predicted molar refractivity (Wildman–Crippen MR) is 116 cm³/mol. The van der Waals surface area contributed by atoms with Gasteiger partial charge in [-0.25, -0.2) is 17.7 Å². The van der Waals surface area contributed by atoms with E-state index in [1.54, 1.807) is 25.1 Å². The van der Waals surface area contributed by atoms with Gasteiger partial charge in [0.2, 0.25) is 34.8 Å². The molecule has 0 bridgehead atoms. The lowest BCUT2D eigenvalue weighted by molar-refractivity contribution is 0.0962. The molecule has 0 radical (unpaired) electrons. The number of hydrogen-bond acceptors (Lipinski definition) is 4. The molecule has 3 aromatic rings. The summed E-state index contributed by atoms with van der Waals surface area (Å²) in [5.41, 5.74) is 1.96. The molecule has 34 heavy (non-hydrogen) atoms. The van der Waals surface area contributed by atoms with Crippen molar-refractivity contribution in [3.8, 4) is 11.5 Å². The Hall–Kier alpha value is -2.90. The summed E-state index contributed by atoms with van der Waals surface area (Å²) in [6, 6.07) is 15.1. The van der Waals surface area contributed by atoms with Crippen molar-refractivity contribution in [3.63, 3.8) is 0 Å². The first-order valence-corrected chi connectivity index (χ1v) is 12.0. The van der Waals surface area contributed by atoms with Gasteiger partial charge in [-0.05, 0) is 36.1 Å². The van der Waals surface area contributed by atoms with Gasteiger partial charge in [0.15, 0.2) is 0 Å². The van der Waals surface area contributed by atoms with Crippen LogP contribution in [0, 0.1) is 41.9 Å². The number of halogens is 5. The summed E-state index contributed by atoms with van der Waals surface area (Å²) in [6.45, 7) is 3.87. The molecule has 0 aromatic heterocycles. The van der Waals surface area contributed by atoms with E-state index >= 15 is 0 Å². The fourth-order valence-corrected chi connectivity index (χ4v) is 5.05. The highest BCUT2D eigenvalue weighted by Gasteiger charge is 2.36. The summed E-state index contributed by atoms with van der Waals surface area (Å²) in [4.78, 5) is 0. The first kappa shape index (κ1) is 25.7. The standard InChI is InChI=1S/C24H22F5O4P/c1-15(12-31-13-17-9-7-6-8-16(17)2)14-34(30,32-18-10-4-3-5-11-18)33-24-22(28)20(26)19(25)21(27)23(24)29/h3-11,15H,12-14H2,1-2H3/t15-,34?/m1/s1. The molecule has 0 aliphatic heterocycles. The molecule has 2 atom stereocenters. The van der Waals surface area contributed by atoms with Gasteiger partial charge in [0.05, 0.1) is 19.4 Å². The second-order valence-corrected chi connectivity index (χ2v) is 9.69. The Morgan fingerprint density at radius 1 is 0.794 bits per heavy atom. The van der Waals surface area contributed by atoms with Gasteiger partial charge < -0.3 is 13.8 Å². The van der Waals surface area contributed by atoms with Crippen LogP contribution in [0.3, 0.4) is 0 Å². The lowest BCUT2D eigenvalue weighted by Gasteiger charge is -2.23. The summed E-state index contributed by atoms with van der Waals surface area (Å²) in [5, 5.41) is 0. The maximum absolute atomic E-state index is 14.2. The summed E-state index contributed by atoms with van der Waals surface area (Å²) in [6.07, 6.45) is -0.421. The molecule has 4 nitrogen and oxygen atoms in total. The first-order valence-electron chi connectivity index (χ1n) is 10.3. The maximum Gasteiger partial charge on any atom is 0.431 e. The normalized spacial score (nSPS) is 13.9. The predicted octanol–water partition coefficient (Wildman–Crippen LogP) is 7.19.